The highest BCUT2D eigenvalue weighted by Gasteiger charge is 2.29. The van der Waals surface area contributed by atoms with Crippen LogP contribution in [0.1, 0.15) is 0 Å². The quantitative estimate of drug-likeness (QED) is 0.175. The van der Waals surface area contributed by atoms with Crippen LogP contribution < -0.4 is 11.1 Å². The standard InChI is InChI=1S/C4H12N2O4.C4H4O4/c5-1-2-6-3(7)4(8,9)10;5-3(6)1-2-4(7)8/h3,6-10H,1-2,5H2;1-2H,(H,5,6)(H,7,8)/b;2-1-. The number of hydrogen-bond acceptors (Lipinski definition) is 8. The zero-order valence-electron chi connectivity index (χ0n) is 9.22. The first kappa shape index (κ1) is 18.8. The SMILES string of the molecule is NCCNC(O)C(O)(O)O.O=C(O)/C=C\C(=O)O. The Morgan fingerprint density at radius 3 is 1.78 bits per heavy atom. The van der Waals surface area contributed by atoms with Crippen molar-refractivity contribution in [3.63, 3.8) is 0 Å². The summed E-state index contributed by atoms with van der Waals surface area (Å²) in [6, 6.07) is 0. The van der Waals surface area contributed by atoms with E-state index in [9.17, 15) is 9.59 Å². The van der Waals surface area contributed by atoms with Gasteiger partial charge in [0.1, 0.15) is 0 Å². The van der Waals surface area contributed by atoms with Crippen molar-refractivity contribution in [3.8, 4) is 0 Å². The van der Waals surface area contributed by atoms with E-state index in [2.05, 4.69) is 5.32 Å². The zero-order valence-corrected chi connectivity index (χ0v) is 9.22. The fourth-order valence-corrected chi connectivity index (χ4v) is 0.500. The summed E-state index contributed by atoms with van der Waals surface area (Å²) in [6.45, 7) is 0.414. The first-order valence-corrected chi connectivity index (χ1v) is 4.53. The Morgan fingerprint density at radius 1 is 1.17 bits per heavy atom. The number of aliphatic carboxylic acids is 2. The van der Waals surface area contributed by atoms with Gasteiger partial charge in [-0.25, -0.2) is 9.59 Å². The molecule has 0 aromatic rings. The van der Waals surface area contributed by atoms with Gasteiger partial charge in [-0.1, -0.05) is 0 Å². The van der Waals surface area contributed by atoms with Crippen LogP contribution in [0.5, 0.6) is 0 Å². The molecule has 18 heavy (non-hydrogen) atoms. The normalized spacial score (nSPS) is 12.7. The summed E-state index contributed by atoms with van der Waals surface area (Å²) in [5, 5.41) is 51.2. The van der Waals surface area contributed by atoms with Gasteiger partial charge < -0.3 is 36.4 Å². The molecule has 0 amide bonds. The minimum Gasteiger partial charge on any atom is -0.478 e. The Hall–Kier alpha value is -1.56. The Morgan fingerprint density at radius 2 is 1.56 bits per heavy atom. The molecule has 0 aliphatic rings. The van der Waals surface area contributed by atoms with E-state index in [1.165, 1.54) is 0 Å². The van der Waals surface area contributed by atoms with Gasteiger partial charge in [-0.3, -0.25) is 5.32 Å². The predicted molar refractivity (Wildman–Crippen MR) is 56.9 cm³/mol. The van der Waals surface area contributed by atoms with Gasteiger partial charge in [0.15, 0.2) is 6.23 Å². The molecule has 106 valence electrons. The topological polar surface area (TPSA) is 194 Å². The van der Waals surface area contributed by atoms with E-state index in [4.69, 9.17) is 36.4 Å². The van der Waals surface area contributed by atoms with E-state index >= 15 is 0 Å². The first-order chi connectivity index (χ1) is 8.11. The second kappa shape index (κ2) is 9.47. The maximum Gasteiger partial charge on any atom is 0.328 e. The molecular weight excluding hydrogens is 252 g/mol. The lowest BCUT2D eigenvalue weighted by molar-refractivity contribution is -0.359. The number of carbonyl (C=O) groups is 2. The number of aliphatic hydroxyl groups excluding tert-OH is 1. The monoisotopic (exact) mass is 268 g/mol. The molecule has 0 aromatic heterocycles. The second-order valence-electron chi connectivity index (χ2n) is 2.84. The van der Waals surface area contributed by atoms with Crippen molar-refractivity contribution < 1.29 is 40.2 Å². The van der Waals surface area contributed by atoms with Gasteiger partial charge in [0, 0.05) is 25.2 Å². The molecule has 0 bridgehead atoms. The van der Waals surface area contributed by atoms with Crippen LogP contribution in [0.3, 0.4) is 0 Å². The minimum absolute atomic E-state index is 0.185. The molecule has 9 N–H and O–H groups in total. The van der Waals surface area contributed by atoms with Crippen LogP contribution in [0, 0.1) is 0 Å². The number of aliphatic hydroxyl groups is 4. The number of rotatable bonds is 6. The van der Waals surface area contributed by atoms with Crippen LogP contribution in [-0.2, 0) is 9.59 Å². The third-order valence-electron chi connectivity index (χ3n) is 1.22. The van der Waals surface area contributed by atoms with Crippen molar-refractivity contribution in [1.29, 1.82) is 0 Å². The number of nitrogens with two attached hydrogens (primary N) is 1. The van der Waals surface area contributed by atoms with Gasteiger partial charge in [-0.2, -0.15) is 0 Å². The van der Waals surface area contributed by atoms with Crippen LogP contribution in [0.15, 0.2) is 12.2 Å². The number of carboxylic acid groups (broad SMARTS) is 2. The molecule has 10 heteroatoms. The molecule has 0 heterocycles. The number of nitrogens with one attached hydrogen (secondary N) is 1. The fraction of sp³-hybridized carbons (Fsp3) is 0.500. The van der Waals surface area contributed by atoms with Crippen molar-refractivity contribution in [2.75, 3.05) is 13.1 Å². The van der Waals surface area contributed by atoms with Gasteiger partial charge in [0.05, 0.1) is 0 Å². The largest absolute Gasteiger partial charge is 0.478 e. The zero-order chi connectivity index (χ0) is 14.8. The average Bonchev–Trinajstić information content (AvgIpc) is 2.22. The smallest absolute Gasteiger partial charge is 0.328 e. The Labute approximate surface area is 102 Å². The van der Waals surface area contributed by atoms with Gasteiger partial charge in [0.2, 0.25) is 0 Å². The van der Waals surface area contributed by atoms with E-state index in [0.717, 1.165) is 0 Å². The fourth-order valence-electron chi connectivity index (χ4n) is 0.500. The third kappa shape index (κ3) is 14.4. The lowest BCUT2D eigenvalue weighted by Crippen LogP contribution is -2.51. The first-order valence-electron chi connectivity index (χ1n) is 4.53. The maximum absolute atomic E-state index is 9.55. The molecule has 1 unspecified atom stereocenters. The third-order valence-corrected chi connectivity index (χ3v) is 1.22. The maximum atomic E-state index is 9.55. The summed E-state index contributed by atoms with van der Waals surface area (Å²) in [6.07, 6.45) is -0.680. The second-order valence-corrected chi connectivity index (χ2v) is 2.84. The van der Waals surface area contributed by atoms with Crippen molar-refractivity contribution in [1.82, 2.24) is 5.32 Å². The van der Waals surface area contributed by atoms with Gasteiger partial charge >= 0.3 is 17.9 Å². The summed E-state index contributed by atoms with van der Waals surface area (Å²) in [7, 11) is 0. The molecule has 0 fully saturated rings. The molecule has 0 radical (unpaired) electrons. The van der Waals surface area contributed by atoms with E-state index in [0.29, 0.717) is 12.2 Å². The summed E-state index contributed by atoms with van der Waals surface area (Å²) in [5.74, 6) is -5.62. The molecular formula is C8H16N2O8. The van der Waals surface area contributed by atoms with Crippen molar-refractivity contribution in [2.45, 2.75) is 12.2 Å². The molecule has 0 spiro atoms. The molecule has 0 aliphatic heterocycles. The highest BCUT2D eigenvalue weighted by molar-refractivity contribution is 5.89. The van der Waals surface area contributed by atoms with Crippen LogP contribution in [0.4, 0.5) is 0 Å². The van der Waals surface area contributed by atoms with Crippen LogP contribution >= 0.6 is 0 Å². The van der Waals surface area contributed by atoms with Gasteiger partial charge in [-0.15, -0.1) is 0 Å². The Balaban J connectivity index is 0. The van der Waals surface area contributed by atoms with E-state index in [-0.39, 0.29) is 13.1 Å². The lowest BCUT2D eigenvalue weighted by atomic mass is 10.4. The highest BCUT2D eigenvalue weighted by atomic mass is 16.7. The van der Waals surface area contributed by atoms with Crippen LogP contribution in [0.2, 0.25) is 0 Å². The summed E-state index contributed by atoms with van der Waals surface area (Å²) in [5.41, 5.74) is 5.00. The predicted octanol–water partition coefficient (Wildman–Crippen LogP) is -3.80. The van der Waals surface area contributed by atoms with E-state index in [1.807, 2.05) is 0 Å². The highest BCUT2D eigenvalue weighted by Crippen LogP contribution is 1.96. The summed E-state index contributed by atoms with van der Waals surface area (Å²) >= 11 is 0. The molecule has 0 saturated heterocycles. The summed E-state index contributed by atoms with van der Waals surface area (Å²) in [4.78, 5) is 19.1. The van der Waals surface area contributed by atoms with E-state index in [1.54, 1.807) is 0 Å². The van der Waals surface area contributed by atoms with E-state index < -0.39 is 24.1 Å². The minimum atomic E-state index is -3.10. The Kier molecular flexibility index (Phi) is 9.89. The lowest BCUT2D eigenvalue weighted by Gasteiger charge is -2.21. The summed E-state index contributed by atoms with van der Waals surface area (Å²) < 4.78 is 0. The molecule has 0 saturated carbocycles. The van der Waals surface area contributed by atoms with Crippen LogP contribution in [0.25, 0.3) is 0 Å². The number of hydrogen-bond donors (Lipinski definition) is 8. The van der Waals surface area contributed by atoms with Crippen molar-refractivity contribution >= 4 is 11.9 Å². The molecule has 0 aromatic carbocycles. The number of carboxylic acids is 2. The van der Waals surface area contributed by atoms with Gasteiger partial charge in [-0.05, 0) is 0 Å². The van der Waals surface area contributed by atoms with Gasteiger partial charge in [0.25, 0.3) is 0 Å². The molecule has 0 aliphatic carbocycles. The van der Waals surface area contributed by atoms with Crippen LogP contribution in [-0.4, -0.2) is 67.9 Å². The van der Waals surface area contributed by atoms with Crippen molar-refractivity contribution in [3.05, 3.63) is 12.2 Å². The molecule has 1 atom stereocenters. The average molecular weight is 268 g/mol. The molecule has 0 rings (SSSR count). The van der Waals surface area contributed by atoms with Crippen molar-refractivity contribution in [2.24, 2.45) is 5.73 Å². The molecule has 10 nitrogen and oxygen atoms in total. The Bertz CT molecular complexity index is 269.